The quantitative estimate of drug-likeness (QED) is 0.858. The number of carbonyl (C=O) groups excluding carboxylic acids is 1. The summed E-state index contributed by atoms with van der Waals surface area (Å²) in [5, 5.41) is 7.57. The molecule has 0 radical (unpaired) electrons. The summed E-state index contributed by atoms with van der Waals surface area (Å²) in [5.74, 6) is -1.42. The molecule has 1 amide bonds. The van der Waals surface area contributed by atoms with Gasteiger partial charge < -0.3 is 5.32 Å². The van der Waals surface area contributed by atoms with E-state index >= 15 is 0 Å². The molecular weight excluding hydrogens is 271 g/mol. The van der Waals surface area contributed by atoms with Crippen LogP contribution in [0.5, 0.6) is 0 Å². The normalized spacial score (nSPS) is 13.1. The SMILES string of the molecule is CCCC(C)NC(=O)c1ccc(F)c(S(N)(=O)=O)c1. The number of benzene rings is 1. The monoisotopic (exact) mass is 288 g/mol. The third-order valence-electron chi connectivity index (χ3n) is 2.60. The minimum Gasteiger partial charge on any atom is -0.350 e. The third kappa shape index (κ3) is 4.29. The Hall–Kier alpha value is -1.47. The van der Waals surface area contributed by atoms with Crippen molar-refractivity contribution < 1.29 is 17.6 Å². The molecular formula is C12H17FN2O3S. The van der Waals surface area contributed by atoms with Gasteiger partial charge in [0.25, 0.3) is 5.91 Å². The molecule has 3 N–H and O–H groups in total. The van der Waals surface area contributed by atoms with Crippen LogP contribution in [0.3, 0.4) is 0 Å². The summed E-state index contributed by atoms with van der Waals surface area (Å²) in [7, 11) is -4.18. The second-order valence-corrected chi connectivity index (χ2v) is 5.88. The standard InChI is InChI=1S/C12H17FN2O3S/c1-3-4-8(2)15-12(16)9-5-6-10(13)11(7-9)19(14,17)18/h5-8H,3-4H2,1-2H3,(H,15,16)(H2,14,17,18). The minimum atomic E-state index is -4.18. The highest BCUT2D eigenvalue weighted by molar-refractivity contribution is 7.89. The smallest absolute Gasteiger partial charge is 0.251 e. The van der Waals surface area contributed by atoms with Gasteiger partial charge in [0, 0.05) is 11.6 Å². The molecule has 19 heavy (non-hydrogen) atoms. The van der Waals surface area contributed by atoms with Crippen molar-refractivity contribution in [2.24, 2.45) is 5.14 Å². The predicted octanol–water partition coefficient (Wildman–Crippen LogP) is 1.39. The van der Waals surface area contributed by atoms with E-state index in [0.717, 1.165) is 25.0 Å². The van der Waals surface area contributed by atoms with E-state index in [0.29, 0.717) is 0 Å². The van der Waals surface area contributed by atoms with E-state index in [9.17, 15) is 17.6 Å². The predicted molar refractivity (Wildman–Crippen MR) is 69.6 cm³/mol. The fraction of sp³-hybridized carbons (Fsp3) is 0.417. The minimum absolute atomic E-state index is 0.0412. The first-order valence-corrected chi connectivity index (χ1v) is 7.43. The van der Waals surface area contributed by atoms with Crippen molar-refractivity contribution >= 4 is 15.9 Å². The zero-order chi connectivity index (χ0) is 14.6. The van der Waals surface area contributed by atoms with Gasteiger partial charge in [-0.25, -0.2) is 17.9 Å². The maximum atomic E-state index is 13.3. The highest BCUT2D eigenvalue weighted by Crippen LogP contribution is 2.15. The summed E-state index contributed by atoms with van der Waals surface area (Å²) in [5.41, 5.74) is 0.0633. The highest BCUT2D eigenvalue weighted by Gasteiger charge is 2.18. The van der Waals surface area contributed by atoms with E-state index in [1.807, 2.05) is 13.8 Å². The molecule has 1 aromatic carbocycles. The molecule has 1 atom stereocenters. The number of hydrogen-bond acceptors (Lipinski definition) is 3. The van der Waals surface area contributed by atoms with E-state index in [1.165, 1.54) is 6.07 Å². The van der Waals surface area contributed by atoms with Gasteiger partial charge in [-0.3, -0.25) is 4.79 Å². The third-order valence-corrected chi connectivity index (χ3v) is 3.53. The van der Waals surface area contributed by atoms with Crippen LogP contribution in [0.2, 0.25) is 0 Å². The largest absolute Gasteiger partial charge is 0.350 e. The Bertz CT molecular complexity index is 572. The van der Waals surface area contributed by atoms with Crippen LogP contribution in [0.15, 0.2) is 23.1 Å². The van der Waals surface area contributed by atoms with Gasteiger partial charge in [0.1, 0.15) is 10.7 Å². The topological polar surface area (TPSA) is 89.3 Å². The maximum Gasteiger partial charge on any atom is 0.251 e. The van der Waals surface area contributed by atoms with Crippen molar-refractivity contribution in [3.05, 3.63) is 29.6 Å². The van der Waals surface area contributed by atoms with Crippen molar-refractivity contribution in [2.75, 3.05) is 0 Å². The second-order valence-electron chi connectivity index (χ2n) is 4.35. The lowest BCUT2D eigenvalue weighted by atomic mass is 10.1. The lowest BCUT2D eigenvalue weighted by Gasteiger charge is -2.13. The first-order chi connectivity index (χ1) is 8.75. The number of amides is 1. The Kier molecular flexibility index (Phi) is 5.02. The number of sulfonamides is 1. The molecule has 0 aromatic heterocycles. The van der Waals surface area contributed by atoms with Crippen LogP contribution in [0.25, 0.3) is 0 Å². The van der Waals surface area contributed by atoms with Crippen molar-refractivity contribution in [1.29, 1.82) is 0 Å². The van der Waals surface area contributed by atoms with Crippen LogP contribution < -0.4 is 10.5 Å². The van der Waals surface area contributed by atoms with Gasteiger partial charge in [-0.15, -0.1) is 0 Å². The number of primary sulfonamides is 1. The van der Waals surface area contributed by atoms with Gasteiger partial charge in [0.15, 0.2) is 0 Å². The molecule has 5 nitrogen and oxygen atoms in total. The fourth-order valence-corrected chi connectivity index (χ4v) is 2.31. The molecule has 106 valence electrons. The van der Waals surface area contributed by atoms with Gasteiger partial charge in [0.2, 0.25) is 10.0 Å². The van der Waals surface area contributed by atoms with Gasteiger partial charge in [-0.05, 0) is 31.5 Å². The van der Waals surface area contributed by atoms with Crippen molar-refractivity contribution in [2.45, 2.75) is 37.6 Å². The molecule has 0 heterocycles. The van der Waals surface area contributed by atoms with Crippen molar-refractivity contribution in [3.8, 4) is 0 Å². The summed E-state index contributed by atoms with van der Waals surface area (Å²) >= 11 is 0. The van der Waals surface area contributed by atoms with Crippen LogP contribution in [0.1, 0.15) is 37.0 Å². The summed E-state index contributed by atoms with van der Waals surface area (Å²) in [4.78, 5) is 11.2. The molecule has 0 spiro atoms. The summed E-state index contributed by atoms with van der Waals surface area (Å²) in [6, 6.07) is 3.04. The number of nitrogens with one attached hydrogen (secondary N) is 1. The lowest BCUT2D eigenvalue weighted by Crippen LogP contribution is -2.32. The van der Waals surface area contributed by atoms with Gasteiger partial charge in [-0.1, -0.05) is 13.3 Å². The van der Waals surface area contributed by atoms with Crippen LogP contribution in [0.4, 0.5) is 4.39 Å². The first-order valence-electron chi connectivity index (χ1n) is 5.89. The molecule has 0 aliphatic carbocycles. The van der Waals surface area contributed by atoms with Gasteiger partial charge >= 0.3 is 0 Å². The molecule has 0 aliphatic rings. The van der Waals surface area contributed by atoms with E-state index in [1.54, 1.807) is 0 Å². The molecule has 1 unspecified atom stereocenters. The molecule has 7 heteroatoms. The summed E-state index contributed by atoms with van der Waals surface area (Å²) in [6.45, 7) is 3.82. The number of rotatable bonds is 5. The van der Waals surface area contributed by atoms with E-state index < -0.39 is 26.6 Å². The fourth-order valence-electron chi connectivity index (χ4n) is 1.67. The Morgan fingerprint density at radius 3 is 2.63 bits per heavy atom. The maximum absolute atomic E-state index is 13.3. The molecule has 1 aromatic rings. The van der Waals surface area contributed by atoms with E-state index in [2.05, 4.69) is 5.32 Å². The Morgan fingerprint density at radius 2 is 2.11 bits per heavy atom. The Balaban J connectivity index is 3.00. The molecule has 0 saturated heterocycles. The molecule has 0 fully saturated rings. The Morgan fingerprint density at radius 1 is 1.47 bits per heavy atom. The van der Waals surface area contributed by atoms with E-state index in [4.69, 9.17) is 5.14 Å². The first kappa shape index (κ1) is 15.6. The number of hydrogen-bond donors (Lipinski definition) is 2. The Labute approximate surface area is 112 Å². The van der Waals surface area contributed by atoms with Gasteiger partial charge in [0.05, 0.1) is 0 Å². The van der Waals surface area contributed by atoms with Gasteiger partial charge in [-0.2, -0.15) is 0 Å². The molecule has 0 bridgehead atoms. The lowest BCUT2D eigenvalue weighted by molar-refractivity contribution is 0.0938. The number of carbonyl (C=O) groups is 1. The van der Waals surface area contributed by atoms with Crippen molar-refractivity contribution in [3.63, 3.8) is 0 Å². The summed E-state index contributed by atoms with van der Waals surface area (Å²) < 4.78 is 35.6. The second kappa shape index (κ2) is 6.12. The molecule has 0 saturated carbocycles. The van der Waals surface area contributed by atoms with Crippen LogP contribution in [0, 0.1) is 5.82 Å². The van der Waals surface area contributed by atoms with Crippen LogP contribution >= 0.6 is 0 Å². The average Bonchev–Trinajstić information content (AvgIpc) is 2.27. The molecule has 0 aliphatic heterocycles. The van der Waals surface area contributed by atoms with Crippen LogP contribution in [-0.4, -0.2) is 20.4 Å². The molecule has 1 rings (SSSR count). The van der Waals surface area contributed by atoms with Crippen molar-refractivity contribution in [1.82, 2.24) is 5.32 Å². The van der Waals surface area contributed by atoms with E-state index in [-0.39, 0.29) is 11.6 Å². The van der Waals surface area contributed by atoms with Crippen LogP contribution in [-0.2, 0) is 10.0 Å². The zero-order valence-corrected chi connectivity index (χ0v) is 11.6. The summed E-state index contributed by atoms with van der Waals surface area (Å²) in [6.07, 6.45) is 1.71. The zero-order valence-electron chi connectivity index (χ0n) is 10.8. The average molecular weight is 288 g/mol. The number of halogens is 1. The number of nitrogens with two attached hydrogens (primary N) is 1. The highest BCUT2D eigenvalue weighted by atomic mass is 32.2.